The fraction of sp³-hybridized carbons (Fsp3) is 0.200. The van der Waals surface area contributed by atoms with Gasteiger partial charge in [-0.15, -0.1) is 5.10 Å². The fourth-order valence-electron chi connectivity index (χ4n) is 1.50. The standard InChI is InChI=1S/C10H11N9OS/c1-11-6-13-7(19-4-3-12-5-19)15-8(14-6)21-10-17-16-9(20)18(10)2/h3-5H,1-2H3,(H,16,20)(H,11,13,14,15). The number of aromatic amines is 1. The first kappa shape index (κ1) is 13.3. The molecule has 3 heterocycles. The number of hydrogen-bond donors (Lipinski definition) is 2. The van der Waals surface area contributed by atoms with Crippen molar-refractivity contribution in [2.45, 2.75) is 10.3 Å². The van der Waals surface area contributed by atoms with E-state index >= 15 is 0 Å². The molecule has 3 rings (SSSR count). The molecule has 0 spiro atoms. The van der Waals surface area contributed by atoms with Crippen LogP contribution in [0.15, 0.2) is 33.8 Å². The zero-order valence-corrected chi connectivity index (χ0v) is 12.0. The van der Waals surface area contributed by atoms with E-state index in [1.807, 2.05) is 0 Å². The molecule has 0 amide bonds. The number of rotatable bonds is 4. The highest BCUT2D eigenvalue weighted by molar-refractivity contribution is 7.99. The zero-order valence-electron chi connectivity index (χ0n) is 11.2. The van der Waals surface area contributed by atoms with E-state index in [4.69, 9.17) is 0 Å². The summed E-state index contributed by atoms with van der Waals surface area (Å²) in [5.74, 6) is 0.839. The van der Waals surface area contributed by atoms with Gasteiger partial charge in [-0.05, 0) is 11.8 Å². The Hall–Kier alpha value is -2.69. The number of hydrogen-bond acceptors (Lipinski definition) is 8. The Morgan fingerprint density at radius 2 is 2.19 bits per heavy atom. The van der Waals surface area contributed by atoms with Crippen LogP contribution in [0.5, 0.6) is 0 Å². The van der Waals surface area contributed by atoms with Gasteiger partial charge in [-0.25, -0.2) is 14.9 Å². The van der Waals surface area contributed by atoms with Crippen molar-refractivity contribution in [1.29, 1.82) is 0 Å². The van der Waals surface area contributed by atoms with Gasteiger partial charge in [0, 0.05) is 26.5 Å². The Balaban J connectivity index is 2.00. The summed E-state index contributed by atoms with van der Waals surface area (Å²) >= 11 is 1.16. The first-order chi connectivity index (χ1) is 10.2. The SMILES string of the molecule is CNc1nc(Sc2n[nH]c(=O)n2C)nc(-n2ccnc2)n1. The van der Waals surface area contributed by atoms with Crippen molar-refractivity contribution < 1.29 is 0 Å². The Morgan fingerprint density at radius 3 is 2.81 bits per heavy atom. The van der Waals surface area contributed by atoms with E-state index in [2.05, 4.69) is 35.5 Å². The second-order valence-electron chi connectivity index (χ2n) is 3.93. The molecule has 3 aromatic rings. The first-order valence-electron chi connectivity index (χ1n) is 5.89. The van der Waals surface area contributed by atoms with Crippen molar-refractivity contribution in [3.05, 3.63) is 29.2 Å². The van der Waals surface area contributed by atoms with Crippen molar-refractivity contribution in [3.63, 3.8) is 0 Å². The lowest BCUT2D eigenvalue weighted by atomic mass is 10.8. The van der Waals surface area contributed by atoms with E-state index in [1.165, 1.54) is 4.57 Å². The van der Waals surface area contributed by atoms with E-state index < -0.39 is 0 Å². The quantitative estimate of drug-likeness (QED) is 0.672. The van der Waals surface area contributed by atoms with Crippen molar-refractivity contribution in [2.24, 2.45) is 7.05 Å². The molecule has 0 saturated heterocycles. The summed E-state index contributed by atoms with van der Waals surface area (Å²) in [5.41, 5.74) is -0.296. The second-order valence-corrected chi connectivity index (χ2v) is 4.87. The van der Waals surface area contributed by atoms with Crippen LogP contribution in [-0.2, 0) is 7.05 Å². The first-order valence-corrected chi connectivity index (χ1v) is 6.70. The van der Waals surface area contributed by atoms with Crippen LogP contribution in [0, 0.1) is 0 Å². The highest BCUT2D eigenvalue weighted by Crippen LogP contribution is 2.22. The topological polar surface area (TPSA) is 119 Å². The number of aromatic nitrogens is 8. The minimum absolute atomic E-state index is 0.296. The van der Waals surface area contributed by atoms with Crippen LogP contribution in [0.4, 0.5) is 5.95 Å². The van der Waals surface area contributed by atoms with Crippen LogP contribution in [0.2, 0.25) is 0 Å². The summed E-state index contributed by atoms with van der Waals surface area (Å²) in [5, 5.41) is 10.0. The third kappa shape index (κ3) is 2.63. The smallest absolute Gasteiger partial charge is 0.343 e. The van der Waals surface area contributed by atoms with Gasteiger partial charge < -0.3 is 5.32 Å². The van der Waals surface area contributed by atoms with Gasteiger partial charge in [0.1, 0.15) is 6.33 Å². The molecule has 0 aliphatic rings. The molecule has 0 atom stereocenters. The lowest BCUT2D eigenvalue weighted by Crippen LogP contribution is -2.13. The molecule has 0 aliphatic carbocycles. The van der Waals surface area contributed by atoms with Gasteiger partial charge in [0.2, 0.25) is 17.1 Å². The maximum atomic E-state index is 11.4. The summed E-state index contributed by atoms with van der Waals surface area (Å²) < 4.78 is 3.04. The van der Waals surface area contributed by atoms with Crippen LogP contribution in [-0.4, -0.2) is 46.3 Å². The lowest BCUT2D eigenvalue weighted by molar-refractivity contribution is 0.758. The highest BCUT2D eigenvalue weighted by atomic mass is 32.2. The summed E-state index contributed by atoms with van der Waals surface area (Å²) in [6.07, 6.45) is 4.95. The second kappa shape index (κ2) is 5.36. The van der Waals surface area contributed by atoms with Crippen molar-refractivity contribution >= 4 is 17.7 Å². The number of imidazole rings is 1. The normalized spacial score (nSPS) is 10.8. The average molecular weight is 305 g/mol. The molecule has 2 N–H and O–H groups in total. The molecule has 0 aromatic carbocycles. The summed E-state index contributed by atoms with van der Waals surface area (Å²) in [6.45, 7) is 0. The van der Waals surface area contributed by atoms with Crippen molar-refractivity contribution in [2.75, 3.05) is 12.4 Å². The monoisotopic (exact) mass is 305 g/mol. The van der Waals surface area contributed by atoms with Crippen LogP contribution in [0.1, 0.15) is 0 Å². The third-order valence-corrected chi connectivity index (χ3v) is 3.50. The third-order valence-electron chi connectivity index (χ3n) is 2.58. The minimum Gasteiger partial charge on any atom is -0.357 e. The van der Waals surface area contributed by atoms with Crippen LogP contribution >= 0.6 is 11.8 Å². The van der Waals surface area contributed by atoms with E-state index in [0.717, 1.165) is 11.8 Å². The lowest BCUT2D eigenvalue weighted by Gasteiger charge is -2.06. The van der Waals surface area contributed by atoms with E-state index in [1.54, 1.807) is 37.4 Å². The van der Waals surface area contributed by atoms with Crippen molar-refractivity contribution in [3.8, 4) is 5.95 Å². The highest BCUT2D eigenvalue weighted by Gasteiger charge is 2.12. The van der Waals surface area contributed by atoms with Gasteiger partial charge in [0.15, 0.2) is 5.16 Å². The fourth-order valence-corrected chi connectivity index (χ4v) is 2.24. The molecule has 0 bridgehead atoms. The Morgan fingerprint density at radius 1 is 1.33 bits per heavy atom. The maximum Gasteiger partial charge on any atom is 0.343 e. The summed E-state index contributed by atoms with van der Waals surface area (Å²) in [7, 11) is 3.33. The summed E-state index contributed by atoms with van der Waals surface area (Å²) in [4.78, 5) is 28.1. The van der Waals surface area contributed by atoms with E-state index in [-0.39, 0.29) is 5.69 Å². The molecule has 0 aliphatic heterocycles. The molecule has 108 valence electrons. The zero-order chi connectivity index (χ0) is 14.8. The molecule has 3 aromatic heterocycles. The van der Waals surface area contributed by atoms with Gasteiger partial charge in [-0.1, -0.05) is 0 Å². The number of H-pyrrole nitrogens is 1. The van der Waals surface area contributed by atoms with Crippen molar-refractivity contribution in [1.82, 2.24) is 39.3 Å². The maximum absolute atomic E-state index is 11.4. The summed E-state index contributed by atoms with van der Waals surface area (Å²) in [6, 6.07) is 0. The molecular weight excluding hydrogens is 294 g/mol. The molecule has 0 unspecified atom stereocenters. The van der Waals surface area contributed by atoms with Gasteiger partial charge >= 0.3 is 5.69 Å². The molecule has 11 heteroatoms. The molecule has 0 fully saturated rings. The van der Waals surface area contributed by atoms with Crippen LogP contribution in [0.3, 0.4) is 0 Å². The molecule has 0 saturated carbocycles. The van der Waals surface area contributed by atoms with E-state index in [9.17, 15) is 4.79 Å². The van der Waals surface area contributed by atoms with Gasteiger partial charge in [0.25, 0.3) is 0 Å². The van der Waals surface area contributed by atoms with Gasteiger partial charge in [0.05, 0.1) is 0 Å². The predicted octanol–water partition coefficient (Wildman–Crippen LogP) is -0.328. The Bertz CT molecular complexity index is 806. The van der Waals surface area contributed by atoms with Crippen LogP contribution in [0.25, 0.3) is 5.95 Å². The number of anilines is 1. The average Bonchev–Trinajstić information content (AvgIpc) is 3.13. The minimum atomic E-state index is -0.296. The largest absolute Gasteiger partial charge is 0.357 e. The Kier molecular flexibility index (Phi) is 3.39. The molecule has 21 heavy (non-hydrogen) atoms. The van der Waals surface area contributed by atoms with Crippen LogP contribution < -0.4 is 11.0 Å². The van der Waals surface area contributed by atoms with E-state index in [0.29, 0.717) is 22.2 Å². The number of nitrogens with zero attached hydrogens (tertiary/aromatic N) is 7. The Labute approximate surface area is 122 Å². The molecule has 10 nitrogen and oxygen atoms in total. The molecule has 0 radical (unpaired) electrons. The number of nitrogens with one attached hydrogen (secondary N) is 2. The predicted molar refractivity (Wildman–Crippen MR) is 74.4 cm³/mol. The van der Waals surface area contributed by atoms with Gasteiger partial charge in [-0.3, -0.25) is 9.13 Å². The molecular formula is C10H11N9OS. The van der Waals surface area contributed by atoms with Gasteiger partial charge in [-0.2, -0.15) is 15.0 Å².